The smallest absolute Gasteiger partial charge is 0.354 e. The molecule has 0 saturated carbocycles. The SMILES string of the molecule is Cc1cc(C(F)(F)F)cn1C. The average molecular weight is 163 g/mol. The summed E-state index contributed by atoms with van der Waals surface area (Å²) in [6.07, 6.45) is -3.14. The van der Waals surface area contributed by atoms with Crippen molar-refractivity contribution in [2.45, 2.75) is 13.1 Å². The first-order valence-electron chi connectivity index (χ1n) is 3.11. The summed E-state index contributed by atoms with van der Waals surface area (Å²) in [6.45, 7) is 1.63. The third kappa shape index (κ3) is 1.56. The Bertz CT molecular complexity index is 240. The van der Waals surface area contributed by atoms with Crippen LogP contribution in [0.25, 0.3) is 0 Å². The van der Waals surface area contributed by atoms with Crippen molar-refractivity contribution in [2.75, 3.05) is 0 Å². The fraction of sp³-hybridized carbons (Fsp3) is 0.429. The summed E-state index contributed by atoms with van der Waals surface area (Å²) >= 11 is 0. The van der Waals surface area contributed by atoms with Gasteiger partial charge in [0.05, 0.1) is 5.56 Å². The van der Waals surface area contributed by atoms with Crippen LogP contribution in [0.3, 0.4) is 0 Å². The summed E-state index contributed by atoms with van der Waals surface area (Å²) in [6, 6.07) is 1.12. The van der Waals surface area contributed by atoms with E-state index >= 15 is 0 Å². The van der Waals surface area contributed by atoms with Crippen LogP contribution in [0.1, 0.15) is 11.3 Å². The molecule has 0 aliphatic heterocycles. The molecule has 4 heteroatoms. The Kier molecular flexibility index (Phi) is 1.70. The molecule has 0 atom stereocenters. The second kappa shape index (κ2) is 2.29. The maximum atomic E-state index is 12.0. The predicted molar refractivity (Wildman–Crippen MR) is 35.2 cm³/mol. The van der Waals surface area contributed by atoms with Crippen LogP contribution in [-0.2, 0) is 13.2 Å². The molecular weight excluding hydrogens is 155 g/mol. The van der Waals surface area contributed by atoms with Crippen LogP contribution in [-0.4, -0.2) is 4.57 Å². The highest BCUT2D eigenvalue weighted by molar-refractivity contribution is 5.20. The monoisotopic (exact) mass is 163 g/mol. The highest BCUT2D eigenvalue weighted by Gasteiger charge is 2.31. The molecular formula is C7H8F3N. The molecule has 0 unspecified atom stereocenters. The third-order valence-electron chi connectivity index (χ3n) is 1.58. The summed E-state index contributed by atoms with van der Waals surface area (Å²) in [5.41, 5.74) is 0.0230. The topological polar surface area (TPSA) is 4.93 Å². The van der Waals surface area contributed by atoms with Gasteiger partial charge in [0.1, 0.15) is 0 Å². The zero-order chi connectivity index (χ0) is 8.65. The number of hydrogen-bond donors (Lipinski definition) is 0. The molecule has 0 fully saturated rings. The zero-order valence-corrected chi connectivity index (χ0v) is 6.24. The molecule has 1 nitrogen and oxygen atoms in total. The third-order valence-corrected chi connectivity index (χ3v) is 1.58. The van der Waals surface area contributed by atoms with Gasteiger partial charge in [0, 0.05) is 18.9 Å². The van der Waals surface area contributed by atoms with Gasteiger partial charge in [-0.15, -0.1) is 0 Å². The molecule has 62 valence electrons. The molecule has 0 aromatic carbocycles. The number of hydrogen-bond acceptors (Lipinski definition) is 0. The molecule has 0 aliphatic carbocycles. The van der Waals surface area contributed by atoms with E-state index in [1.165, 1.54) is 4.57 Å². The molecule has 0 amide bonds. The molecule has 0 spiro atoms. The van der Waals surface area contributed by atoms with Gasteiger partial charge in [-0.3, -0.25) is 0 Å². The van der Waals surface area contributed by atoms with Crippen molar-refractivity contribution in [1.29, 1.82) is 0 Å². The van der Waals surface area contributed by atoms with Crippen molar-refractivity contribution in [3.8, 4) is 0 Å². The van der Waals surface area contributed by atoms with Gasteiger partial charge in [-0.1, -0.05) is 0 Å². The van der Waals surface area contributed by atoms with E-state index in [1.807, 2.05) is 0 Å². The van der Waals surface area contributed by atoms with E-state index in [4.69, 9.17) is 0 Å². The van der Waals surface area contributed by atoms with Gasteiger partial charge in [-0.05, 0) is 13.0 Å². The van der Waals surface area contributed by atoms with Gasteiger partial charge in [-0.2, -0.15) is 13.2 Å². The Balaban J connectivity index is 3.08. The molecule has 1 heterocycles. The molecule has 0 aliphatic rings. The largest absolute Gasteiger partial charge is 0.417 e. The Morgan fingerprint density at radius 3 is 2.09 bits per heavy atom. The maximum absolute atomic E-state index is 12.0. The molecule has 1 rings (SSSR count). The van der Waals surface area contributed by atoms with Crippen molar-refractivity contribution in [3.63, 3.8) is 0 Å². The number of alkyl halides is 3. The first kappa shape index (κ1) is 8.17. The standard InChI is InChI=1S/C7H8F3N/c1-5-3-6(4-11(5)2)7(8,9)10/h3-4H,1-2H3. The normalized spacial score (nSPS) is 12.1. The minimum absolute atomic E-state index is 0.586. The van der Waals surface area contributed by atoms with Crippen LogP contribution in [0.2, 0.25) is 0 Å². The molecule has 0 N–H and O–H groups in total. The molecule has 0 bridgehead atoms. The highest BCUT2D eigenvalue weighted by Crippen LogP contribution is 2.29. The predicted octanol–water partition coefficient (Wildman–Crippen LogP) is 2.35. The van der Waals surface area contributed by atoms with Crippen molar-refractivity contribution in [3.05, 3.63) is 23.5 Å². The van der Waals surface area contributed by atoms with Crippen LogP contribution in [0, 0.1) is 6.92 Å². The molecule has 0 saturated heterocycles. The van der Waals surface area contributed by atoms with Crippen LogP contribution in [0.5, 0.6) is 0 Å². The van der Waals surface area contributed by atoms with Crippen molar-refractivity contribution in [1.82, 2.24) is 4.57 Å². The van der Waals surface area contributed by atoms with Crippen molar-refractivity contribution < 1.29 is 13.2 Å². The fourth-order valence-electron chi connectivity index (χ4n) is 0.830. The lowest BCUT2D eigenvalue weighted by Crippen LogP contribution is -2.02. The number of halogens is 3. The first-order chi connectivity index (χ1) is 4.91. The van der Waals surface area contributed by atoms with Gasteiger partial charge in [0.25, 0.3) is 0 Å². The molecule has 11 heavy (non-hydrogen) atoms. The van der Waals surface area contributed by atoms with Crippen molar-refractivity contribution in [2.24, 2.45) is 7.05 Å². The number of nitrogens with zero attached hydrogens (tertiary/aromatic N) is 1. The van der Waals surface area contributed by atoms with E-state index in [1.54, 1.807) is 14.0 Å². The Hall–Kier alpha value is -0.930. The minimum Gasteiger partial charge on any atom is -0.354 e. The van der Waals surface area contributed by atoms with E-state index in [0.29, 0.717) is 5.69 Å². The lowest BCUT2D eigenvalue weighted by molar-refractivity contribution is -0.137. The lowest BCUT2D eigenvalue weighted by atomic mass is 10.3. The summed E-state index contributed by atoms with van der Waals surface area (Å²) in [4.78, 5) is 0. The van der Waals surface area contributed by atoms with Gasteiger partial charge < -0.3 is 4.57 Å². The Morgan fingerprint density at radius 2 is 1.91 bits per heavy atom. The summed E-state index contributed by atoms with van der Waals surface area (Å²) in [5, 5.41) is 0. The van der Waals surface area contributed by atoms with E-state index in [0.717, 1.165) is 12.3 Å². The number of rotatable bonds is 0. The van der Waals surface area contributed by atoms with Gasteiger partial charge >= 0.3 is 6.18 Å². The average Bonchev–Trinajstić information content (AvgIpc) is 2.11. The first-order valence-corrected chi connectivity index (χ1v) is 3.11. The van der Waals surface area contributed by atoms with Crippen LogP contribution in [0.15, 0.2) is 12.3 Å². The number of aryl methyl sites for hydroxylation is 2. The molecule has 1 aromatic heterocycles. The van der Waals surface area contributed by atoms with Gasteiger partial charge in [-0.25, -0.2) is 0 Å². The number of aromatic nitrogens is 1. The summed E-state index contributed by atoms with van der Waals surface area (Å²) in [7, 11) is 1.59. The van der Waals surface area contributed by atoms with Gasteiger partial charge in [0.15, 0.2) is 0 Å². The Morgan fingerprint density at radius 1 is 1.36 bits per heavy atom. The van der Waals surface area contributed by atoms with E-state index in [9.17, 15) is 13.2 Å². The zero-order valence-electron chi connectivity index (χ0n) is 6.24. The Labute approximate surface area is 62.4 Å². The fourth-order valence-corrected chi connectivity index (χ4v) is 0.830. The van der Waals surface area contributed by atoms with Crippen LogP contribution in [0.4, 0.5) is 13.2 Å². The molecule has 1 aromatic rings. The van der Waals surface area contributed by atoms with Crippen LogP contribution >= 0.6 is 0 Å². The minimum atomic E-state index is -4.22. The van der Waals surface area contributed by atoms with Gasteiger partial charge in [0.2, 0.25) is 0 Å². The summed E-state index contributed by atoms with van der Waals surface area (Å²) in [5.74, 6) is 0. The van der Waals surface area contributed by atoms with Crippen LogP contribution < -0.4 is 0 Å². The summed E-state index contributed by atoms with van der Waals surface area (Å²) < 4.78 is 37.4. The second-order valence-corrected chi connectivity index (χ2v) is 2.48. The molecule has 0 radical (unpaired) electrons. The highest BCUT2D eigenvalue weighted by atomic mass is 19.4. The second-order valence-electron chi connectivity index (χ2n) is 2.48. The van der Waals surface area contributed by atoms with Crippen molar-refractivity contribution >= 4 is 0 Å². The quantitative estimate of drug-likeness (QED) is 0.553. The van der Waals surface area contributed by atoms with E-state index in [-0.39, 0.29) is 0 Å². The lowest BCUT2D eigenvalue weighted by Gasteiger charge is -2.00. The van der Waals surface area contributed by atoms with E-state index in [2.05, 4.69) is 0 Å². The van der Waals surface area contributed by atoms with E-state index < -0.39 is 11.7 Å². The maximum Gasteiger partial charge on any atom is 0.417 e.